The van der Waals surface area contributed by atoms with Crippen molar-refractivity contribution in [2.45, 2.75) is 18.8 Å². The highest BCUT2D eigenvalue weighted by atomic mass is 19.3. The molecule has 3 rings (SSSR count). The Kier molecular flexibility index (Phi) is 2.84. The first kappa shape index (κ1) is 12.8. The number of halogens is 2. The highest BCUT2D eigenvalue weighted by Gasteiger charge is 2.35. The average molecular weight is 280 g/mol. The number of hydrogen-bond donors (Lipinski definition) is 2. The van der Waals surface area contributed by atoms with Gasteiger partial charge in [-0.05, 0) is 12.1 Å². The van der Waals surface area contributed by atoms with Gasteiger partial charge in [0.05, 0.1) is 0 Å². The lowest BCUT2D eigenvalue weighted by Crippen LogP contribution is -2.40. The molecule has 2 aromatic heterocycles. The Morgan fingerprint density at radius 3 is 2.60 bits per heavy atom. The summed E-state index contributed by atoms with van der Waals surface area (Å²) < 4.78 is 26.4. The van der Waals surface area contributed by atoms with Crippen LogP contribution in [0.25, 0.3) is 10.9 Å². The Morgan fingerprint density at radius 2 is 1.90 bits per heavy atom. The van der Waals surface area contributed by atoms with Crippen molar-refractivity contribution in [1.29, 1.82) is 0 Å². The lowest BCUT2D eigenvalue weighted by atomic mass is 10.1. The fourth-order valence-corrected chi connectivity index (χ4v) is 2.39. The van der Waals surface area contributed by atoms with Gasteiger partial charge in [-0.25, -0.2) is 18.7 Å². The predicted octanol–water partition coefficient (Wildman–Crippen LogP) is 2.15. The normalized spacial score (nSPS) is 18.4. The number of piperidine rings is 1. The summed E-state index contributed by atoms with van der Waals surface area (Å²) in [7, 11) is 0. The minimum atomic E-state index is -2.62. The Bertz CT molecular complexity index is 652. The van der Waals surface area contributed by atoms with Gasteiger partial charge in [-0.1, -0.05) is 0 Å². The van der Waals surface area contributed by atoms with Crippen molar-refractivity contribution in [2.75, 3.05) is 23.7 Å². The lowest BCUT2D eigenvalue weighted by molar-refractivity contribution is -0.0221. The van der Waals surface area contributed by atoms with Crippen LogP contribution in [-0.4, -0.2) is 34.1 Å². The van der Waals surface area contributed by atoms with Gasteiger partial charge < -0.3 is 15.7 Å². The number of nitrogens with two attached hydrogens (primary N) is 1. The number of anilines is 2. The van der Waals surface area contributed by atoms with E-state index in [0.29, 0.717) is 17.2 Å². The van der Waals surface area contributed by atoms with Gasteiger partial charge >= 0.3 is 0 Å². The number of fused-ring (bicyclic) bond motifs is 1. The van der Waals surface area contributed by atoms with E-state index < -0.39 is 5.92 Å². The smallest absolute Gasteiger partial charge is 0.251 e. The number of nitrogens with zero attached hydrogens (tertiary/aromatic N) is 3. The standard InChI is InChI=1S/C13H14F2N4O/c14-13(15)3-5-19(6-4-13)12-11-8(7-9(16)17-12)1-2-10(20)18-11/h1-2,7H,3-6H2,(H2,16,17)(H,18,20). The van der Waals surface area contributed by atoms with Gasteiger partial charge in [-0.15, -0.1) is 0 Å². The topological polar surface area (TPSA) is 75.3 Å². The molecule has 20 heavy (non-hydrogen) atoms. The number of nitrogen functional groups attached to an aromatic ring is 1. The average Bonchev–Trinajstić information content (AvgIpc) is 2.39. The summed E-state index contributed by atoms with van der Waals surface area (Å²) in [5.74, 6) is -2.00. The quantitative estimate of drug-likeness (QED) is 0.837. The van der Waals surface area contributed by atoms with Gasteiger partial charge in [0.1, 0.15) is 11.3 Å². The number of pyridine rings is 2. The zero-order valence-corrected chi connectivity index (χ0v) is 10.7. The molecule has 0 radical (unpaired) electrons. The van der Waals surface area contributed by atoms with Crippen LogP contribution in [0.15, 0.2) is 18.2 Å². The lowest BCUT2D eigenvalue weighted by Gasteiger charge is -2.32. The van der Waals surface area contributed by atoms with Gasteiger partial charge in [0.25, 0.3) is 5.92 Å². The van der Waals surface area contributed by atoms with E-state index in [4.69, 9.17) is 5.73 Å². The van der Waals surface area contributed by atoms with E-state index in [1.165, 1.54) is 6.07 Å². The van der Waals surface area contributed by atoms with Crippen LogP contribution in [0.2, 0.25) is 0 Å². The number of rotatable bonds is 1. The van der Waals surface area contributed by atoms with Crippen LogP contribution in [0.5, 0.6) is 5.88 Å². The molecule has 3 N–H and O–H groups in total. The third-order valence-electron chi connectivity index (χ3n) is 3.46. The van der Waals surface area contributed by atoms with Crippen LogP contribution < -0.4 is 10.6 Å². The molecule has 0 aromatic carbocycles. The van der Waals surface area contributed by atoms with E-state index in [2.05, 4.69) is 9.97 Å². The highest BCUT2D eigenvalue weighted by molar-refractivity contribution is 5.91. The monoisotopic (exact) mass is 280 g/mol. The van der Waals surface area contributed by atoms with E-state index >= 15 is 0 Å². The van der Waals surface area contributed by atoms with Crippen molar-refractivity contribution in [2.24, 2.45) is 0 Å². The second-order valence-electron chi connectivity index (χ2n) is 4.95. The molecule has 0 amide bonds. The molecule has 0 bridgehead atoms. The van der Waals surface area contributed by atoms with Crippen molar-refractivity contribution in [3.63, 3.8) is 0 Å². The van der Waals surface area contributed by atoms with Crippen LogP contribution in [0.1, 0.15) is 12.8 Å². The zero-order chi connectivity index (χ0) is 14.3. The molecule has 1 aliphatic heterocycles. The molecule has 7 heteroatoms. The first-order valence-corrected chi connectivity index (χ1v) is 6.34. The van der Waals surface area contributed by atoms with Gasteiger partial charge in [0, 0.05) is 37.4 Å². The number of hydrogen-bond acceptors (Lipinski definition) is 5. The molecular formula is C13H14F2N4O. The number of aromatic hydroxyl groups is 1. The first-order valence-electron chi connectivity index (χ1n) is 6.34. The Balaban J connectivity index is 2.04. The van der Waals surface area contributed by atoms with Crippen LogP contribution in [0, 0.1) is 0 Å². The molecule has 0 atom stereocenters. The molecule has 2 aromatic rings. The number of alkyl halides is 2. The van der Waals surface area contributed by atoms with Crippen molar-refractivity contribution in [3.05, 3.63) is 18.2 Å². The fourth-order valence-electron chi connectivity index (χ4n) is 2.39. The fraction of sp³-hybridized carbons (Fsp3) is 0.385. The van der Waals surface area contributed by atoms with Crippen LogP contribution >= 0.6 is 0 Å². The molecular weight excluding hydrogens is 266 g/mol. The van der Waals surface area contributed by atoms with Gasteiger partial charge in [0.2, 0.25) is 5.88 Å². The largest absolute Gasteiger partial charge is 0.493 e. The van der Waals surface area contributed by atoms with E-state index in [-0.39, 0.29) is 31.8 Å². The van der Waals surface area contributed by atoms with E-state index in [1.807, 2.05) is 0 Å². The van der Waals surface area contributed by atoms with Gasteiger partial charge in [-0.3, -0.25) is 0 Å². The summed E-state index contributed by atoms with van der Waals surface area (Å²) in [5.41, 5.74) is 6.22. The second kappa shape index (κ2) is 4.43. The van der Waals surface area contributed by atoms with Gasteiger partial charge in [0.15, 0.2) is 5.82 Å². The maximum absolute atomic E-state index is 13.2. The predicted molar refractivity (Wildman–Crippen MR) is 72.0 cm³/mol. The van der Waals surface area contributed by atoms with E-state index in [1.54, 1.807) is 17.0 Å². The Morgan fingerprint density at radius 1 is 1.20 bits per heavy atom. The van der Waals surface area contributed by atoms with E-state index in [0.717, 1.165) is 5.39 Å². The maximum Gasteiger partial charge on any atom is 0.251 e. The van der Waals surface area contributed by atoms with Crippen molar-refractivity contribution >= 4 is 22.5 Å². The molecule has 1 saturated heterocycles. The second-order valence-corrected chi connectivity index (χ2v) is 4.95. The SMILES string of the molecule is Nc1cc2ccc(O)nc2c(N2CCC(F)(F)CC2)n1. The van der Waals surface area contributed by atoms with Crippen LogP contribution in [0.3, 0.4) is 0 Å². The molecule has 0 unspecified atom stereocenters. The summed E-state index contributed by atoms with van der Waals surface area (Å²) in [6.45, 7) is 0.381. The number of aromatic nitrogens is 2. The minimum absolute atomic E-state index is 0.132. The minimum Gasteiger partial charge on any atom is -0.493 e. The summed E-state index contributed by atoms with van der Waals surface area (Å²) in [6.07, 6.45) is -0.437. The molecule has 1 aliphatic rings. The molecule has 1 fully saturated rings. The molecule has 0 spiro atoms. The van der Waals surface area contributed by atoms with Gasteiger partial charge in [-0.2, -0.15) is 0 Å². The third kappa shape index (κ3) is 2.31. The van der Waals surface area contributed by atoms with Crippen molar-refractivity contribution in [1.82, 2.24) is 9.97 Å². The molecule has 0 aliphatic carbocycles. The third-order valence-corrected chi connectivity index (χ3v) is 3.46. The van der Waals surface area contributed by atoms with Crippen LogP contribution in [-0.2, 0) is 0 Å². The molecule has 106 valence electrons. The van der Waals surface area contributed by atoms with Crippen LogP contribution in [0.4, 0.5) is 20.4 Å². The molecule has 5 nitrogen and oxygen atoms in total. The maximum atomic E-state index is 13.2. The summed E-state index contributed by atoms with van der Waals surface area (Å²) in [4.78, 5) is 9.97. The van der Waals surface area contributed by atoms with Crippen molar-refractivity contribution < 1.29 is 13.9 Å². The zero-order valence-electron chi connectivity index (χ0n) is 10.7. The molecule has 0 saturated carbocycles. The Hall–Kier alpha value is -2.18. The summed E-state index contributed by atoms with van der Waals surface area (Å²) in [5, 5.41) is 10.2. The van der Waals surface area contributed by atoms with E-state index in [9.17, 15) is 13.9 Å². The first-order chi connectivity index (χ1) is 9.44. The highest BCUT2D eigenvalue weighted by Crippen LogP contribution is 2.33. The summed E-state index contributed by atoms with van der Waals surface area (Å²) in [6, 6.07) is 4.78. The summed E-state index contributed by atoms with van der Waals surface area (Å²) >= 11 is 0. The molecule has 3 heterocycles. The van der Waals surface area contributed by atoms with Crippen molar-refractivity contribution in [3.8, 4) is 5.88 Å². The Labute approximate surface area is 114 Å².